The molecule has 3 N–H and O–H groups in total. The first kappa shape index (κ1) is 24.3. The Morgan fingerprint density at radius 1 is 1.35 bits per heavy atom. The number of hydrogen-bond donors (Lipinski definition) is 3. The molecule has 0 radical (unpaired) electrons. The highest BCUT2D eigenvalue weighted by atomic mass is 31.2. The van der Waals surface area contributed by atoms with Gasteiger partial charge < -0.3 is 14.9 Å². The topological polar surface area (TPSA) is 198 Å². The van der Waals surface area contributed by atoms with Crippen LogP contribution in [0.15, 0.2) is 51.2 Å². The van der Waals surface area contributed by atoms with Crippen molar-refractivity contribution in [2.24, 2.45) is 5.11 Å². The molecule has 1 aromatic carbocycles. The molecule has 2 saturated heterocycles. The van der Waals surface area contributed by atoms with Crippen LogP contribution >= 0.6 is 7.82 Å². The summed E-state index contributed by atoms with van der Waals surface area (Å²) in [4.78, 5) is 27.9. The van der Waals surface area contributed by atoms with Crippen molar-refractivity contribution in [3.8, 4) is 0 Å². The van der Waals surface area contributed by atoms with Crippen LogP contribution in [0.1, 0.15) is 24.3 Å². The smallest absolute Gasteiger partial charge is 0.387 e. The summed E-state index contributed by atoms with van der Waals surface area (Å²) in [5.74, 6) is -0.585. The maximum Gasteiger partial charge on any atom is 0.475 e. The monoisotopic (exact) mass is 499 g/mol. The summed E-state index contributed by atoms with van der Waals surface area (Å²) in [5, 5.41) is 24.4. The lowest BCUT2D eigenvalue weighted by molar-refractivity contribution is -0.127. The molecule has 16 heteroatoms. The second kappa shape index (κ2) is 9.41. The van der Waals surface area contributed by atoms with Gasteiger partial charge in [-0.15, -0.1) is 0 Å². The lowest BCUT2D eigenvalue weighted by atomic mass is 10.1. The van der Waals surface area contributed by atoms with Crippen molar-refractivity contribution in [3.05, 3.63) is 79.2 Å². The molecule has 0 bridgehead atoms. The summed E-state index contributed by atoms with van der Waals surface area (Å²) >= 11 is 0. The van der Waals surface area contributed by atoms with Gasteiger partial charge in [0.15, 0.2) is 6.23 Å². The van der Waals surface area contributed by atoms with Crippen molar-refractivity contribution in [2.75, 3.05) is 13.2 Å². The Morgan fingerprint density at radius 3 is 2.82 bits per heavy atom. The normalized spacial score (nSPS) is 33.4. The average Bonchev–Trinajstić information content (AvgIpc) is 3.04. The molecule has 2 fully saturated rings. The van der Waals surface area contributed by atoms with Crippen LogP contribution in [0, 0.1) is 5.82 Å². The highest BCUT2D eigenvalue weighted by molar-refractivity contribution is 7.48. The Hall–Kier alpha value is -2.87. The molecule has 14 nitrogen and oxygen atoms in total. The fraction of sp³-hybridized carbons (Fsp3) is 0.444. The highest BCUT2D eigenvalue weighted by Gasteiger charge is 2.56. The number of benzene rings is 1. The third-order valence-corrected chi connectivity index (χ3v) is 6.77. The fourth-order valence-corrected chi connectivity index (χ4v) is 5.02. The molecule has 0 amide bonds. The molecule has 0 saturated carbocycles. The largest absolute Gasteiger partial charge is 0.475 e. The first-order valence-electron chi connectivity index (χ1n) is 9.92. The van der Waals surface area contributed by atoms with Crippen molar-refractivity contribution in [3.63, 3.8) is 0 Å². The summed E-state index contributed by atoms with van der Waals surface area (Å²) < 4.78 is 49.1. The van der Waals surface area contributed by atoms with Gasteiger partial charge >= 0.3 is 13.5 Å². The summed E-state index contributed by atoms with van der Waals surface area (Å²) in [6.45, 7) is -1.04. The Morgan fingerprint density at radius 2 is 2.12 bits per heavy atom. The zero-order chi connectivity index (χ0) is 24.5. The molecular formula is C18H19FN5O9P. The number of aromatic nitrogens is 2. The average molecular weight is 499 g/mol. The molecule has 2 aliphatic heterocycles. The maximum absolute atomic E-state index is 14.1. The lowest BCUT2D eigenvalue weighted by Crippen LogP contribution is -2.45. The van der Waals surface area contributed by atoms with Gasteiger partial charge in [-0.25, -0.2) is 13.8 Å². The van der Waals surface area contributed by atoms with Crippen molar-refractivity contribution in [1.29, 1.82) is 0 Å². The molecular weight excluding hydrogens is 480 g/mol. The molecule has 2 aromatic rings. The first-order valence-corrected chi connectivity index (χ1v) is 11.4. The number of phosphoric acid groups is 1. The van der Waals surface area contributed by atoms with Crippen LogP contribution in [0.4, 0.5) is 4.39 Å². The van der Waals surface area contributed by atoms with Crippen LogP contribution in [0.5, 0.6) is 0 Å². The number of azide groups is 1. The number of nitrogens with one attached hydrogen (secondary N) is 1. The number of hydrogen-bond acceptors (Lipinski definition) is 10. The van der Waals surface area contributed by atoms with E-state index >= 15 is 0 Å². The number of rotatable bonds is 6. The van der Waals surface area contributed by atoms with Crippen molar-refractivity contribution in [1.82, 2.24) is 9.55 Å². The van der Waals surface area contributed by atoms with Crippen molar-refractivity contribution in [2.45, 2.75) is 36.7 Å². The summed E-state index contributed by atoms with van der Waals surface area (Å²) in [6.07, 6.45) is -5.17. The van der Waals surface area contributed by atoms with Gasteiger partial charge in [0, 0.05) is 29.2 Å². The predicted octanol–water partition coefficient (Wildman–Crippen LogP) is 1.24. The lowest BCUT2D eigenvalue weighted by Gasteiger charge is -2.32. The zero-order valence-corrected chi connectivity index (χ0v) is 18.2. The molecule has 1 unspecified atom stereocenters. The molecule has 4 rings (SSSR count). The van der Waals surface area contributed by atoms with E-state index in [9.17, 15) is 28.8 Å². The van der Waals surface area contributed by atoms with Gasteiger partial charge in [-0.05, 0) is 11.6 Å². The van der Waals surface area contributed by atoms with E-state index < -0.39 is 61.8 Å². The number of aliphatic hydroxyl groups excluding tert-OH is 2. The number of phosphoric ester groups is 1. The molecule has 34 heavy (non-hydrogen) atoms. The zero-order valence-electron chi connectivity index (χ0n) is 17.3. The Balaban J connectivity index is 1.56. The first-order chi connectivity index (χ1) is 16.2. The van der Waals surface area contributed by atoms with Gasteiger partial charge in [-0.2, -0.15) is 0 Å². The van der Waals surface area contributed by atoms with E-state index in [1.165, 1.54) is 18.2 Å². The third-order valence-electron chi connectivity index (χ3n) is 5.31. The minimum atomic E-state index is -4.37. The van der Waals surface area contributed by atoms with Gasteiger partial charge in [0.1, 0.15) is 18.0 Å². The summed E-state index contributed by atoms with van der Waals surface area (Å²) in [6, 6.07) is 6.68. The number of nitrogens with zero attached hydrogens (tertiary/aromatic N) is 4. The van der Waals surface area contributed by atoms with Gasteiger partial charge in [-0.3, -0.25) is 27.9 Å². The van der Waals surface area contributed by atoms with E-state index in [0.717, 1.165) is 16.8 Å². The number of aromatic amines is 1. The molecule has 1 aromatic heterocycles. The van der Waals surface area contributed by atoms with E-state index in [1.807, 2.05) is 4.98 Å². The van der Waals surface area contributed by atoms with Crippen LogP contribution < -0.4 is 11.2 Å². The summed E-state index contributed by atoms with van der Waals surface area (Å²) in [7, 11) is -4.37. The minimum Gasteiger partial charge on any atom is -0.387 e. The Kier molecular flexibility index (Phi) is 6.71. The van der Waals surface area contributed by atoms with E-state index in [2.05, 4.69) is 10.0 Å². The second-order valence-electron chi connectivity index (χ2n) is 7.45. The minimum absolute atomic E-state index is 0.119. The van der Waals surface area contributed by atoms with Crippen LogP contribution in [-0.2, 0) is 22.9 Å². The standard InChI is InChI=1S/C18H19FN5O9P/c19-11-4-2-1-3-10(11)12-6-8-30-34(29,33-12)31-9-18(22-23-20)15(27)14(26)16(32-18)24-7-5-13(25)21-17(24)28/h1-5,7,12,14-16,26-27H,6,8-9H2,(H,21,25,28)/t12-,14+,15-,16+,18+,34?/m0/s1. The molecule has 2 aliphatic rings. The van der Waals surface area contributed by atoms with Crippen LogP contribution in [0.2, 0.25) is 0 Å². The van der Waals surface area contributed by atoms with Gasteiger partial charge in [0.25, 0.3) is 5.56 Å². The van der Waals surface area contributed by atoms with Crippen LogP contribution in [0.25, 0.3) is 10.4 Å². The van der Waals surface area contributed by atoms with Gasteiger partial charge in [-0.1, -0.05) is 23.3 Å². The molecule has 6 atom stereocenters. The molecule has 3 heterocycles. The predicted molar refractivity (Wildman–Crippen MR) is 110 cm³/mol. The van der Waals surface area contributed by atoms with E-state index in [1.54, 1.807) is 6.07 Å². The van der Waals surface area contributed by atoms with E-state index in [4.69, 9.17) is 23.8 Å². The van der Waals surface area contributed by atoms with E-state index in [0.29, 0.717) is 0 Å². The summed E-state index contributed by atoms with van der Waals surface area (Å²) in [5.41, 5.74) is 5.09. The Bertz CT molecular complexity index is 1280. The molecule has 0 spiro atoms. The van der Waals surface area contributed by atoms with Crippen molar-refractivity contribution < 1.29 is 37.5 Å². The molecule has 0 aliphatic carbocycles. The number of H-pyrrole nitrogens is 1. The highest BCUT2D eigenvalue weighted by Crippen LogP contribution is 2.58. The second-order valence-corrected chi connectivity index (χ2v) is 9.08. The fourth-order valence-electron chi connectivity index (χ4n) is 3.63. The SMILES string of the molecule is [N-]=[N+]=N[C@]1(COP2(=O)OCC[C@@H](c3ccccc3F)O2)O[C@@H](n2ccc(=O)[nH]c2=O)[C@H](O)[C@@H]1O. The molecule has 182 valence electrons. The van der Waals surface area contributed by atoms with Gasteiger partial charge in [0.05, 0.1) is 19.3 Å². The third kappa shape index (κ3) is 4.56. The quantitative estimate of drug-likeness (QED) is 0.226. The van der Waals surface area contributed by atoms with Gasteiger partial charge in [0.2, 0.25) is 5.72 Å². The Labute approximate surface area is 189 Å². The van der Waals surface area contributed by atoms with Crippen LogP contribution in [-0.4, -0.2) is 50.9 Å². The van der Waals surface area contributed by atoms with Crippen LogP contribution in [0.3, 0.4) is 0 Å². The maximum atomic E-state index is 14.1. The number of ether oxygens (including phenoxy) is 1. The van der Waals surface area contributed by atoms with E-state index in [-0.39, 0.29) is 18.6 Å². The van der Waals surface area contributed by atoms with Crippen molar-refractivity contribution >= 4 is 7.82 Å². The number of aliphatic hydroxyl groups is 2. The number of halogens is 1.